The fourth-order valence-corrected chi connectivity index (χ4v) is 2.67. The third-order valence-electron chi connectivity index (χ3n) is 3.78. The van der Waals surface area contributed by atoms with E-state index in [0.29, 0.717) is 18.7 Å². The van der Waals surface area contributed by atoms with E-state index in [9.17, 15) is 9.59 Å². The molecule has 2 amide bonds. The van der Waals surface area contributed by atoms with Crippen molar-refractivity contribution in [2.24, 2.45) is 0 Å². The third-order valence-corrected chi connectivity index (χ3v) is 4.64. The molecule has 0 saturated heterocycles. The molecule has 4 nitrogen and oxygen atoms in total. The SMILES string of the molecule is CC(=O)N(CCNC(=O)c1ccc(C)cc1)c1ccc(C)c(Br)c1. The first kappa shape index (κ1) is 18.2. The average molecular weight is 389 g/mol. The highest BCUT2D eigenvalue weighted by atomic mass is 79.9. The molecule has 2 rings (SSSR count). The zero-order valence-electron chi connectivity index (χ0n) is 14.1. The van der Waals surface area contributed by atoms with Crippen LogP contribution in [0.1, 0.15) is 28.4 Å². The van der Waals surface area contributed by atoms with Crippen LogP contribution in [0.2, 0.25) is 0 Å². The minimum absolute atomic E-state index is 0.0599. The Bertz CT molecular complexity index is 742. The molecule has 0 spiro atoms. The highest BCUT2D eigenvalue weighted by Gasteiger charge is 2.13. The van der Waals surface area contributed by atoms with E-state index in [1.807, 2.05) is 44.2 Å². The maximum absolute atomic E-state index is 12.1. The molecule has 0 radical (unpaired) electrons. The number of carbonyl (C=O) groups is 2. The number of benzene rings is 2. The van der Waals surface area contributed by atoms with Crippen molar-refractivity contribution in [3.05, 3.63) is 63.6 Å². The fourth-order valence-electron chi connectivity index (χ4n) is 2.31. The minimum Gasteiger partial charge on any atom is -0.350 e. The second-order valence-corrected chi connectivity index (χ2v) is 6.58. The zero-order chi connectivity index (χ0) is 17.7. The molecule has 0 aliphatic heterocycles. The Labute approximate surface area is 151 Å². The van der Waals surface area contributed by atoms with Crippen molar-refractivity contribution < 1.29 is 9.59 Å². The molecule has 2 aromatic carbocycles. The molecule has 0 atom stereocenters. The third kappa shape index (κ3) is 4.68. The number of nitrogens with one attached hydrogen (secondary N) is 1. The van der Waals surface area contributed by atoms with E-state index in [2.05, 4.69) is 21.2 Å². The van der Waals surface area contributed by atoms with Gasteiger partial charge in [0.05, 0.1) is 0 Å². The van der Waals surface area contributed by atoms with E-state index < -0.39 is 0 Å². The van der Waals surface area contributed by atoms with Crippen molar-refractivity contribution in [3.63, 3.8) is 0 Å². The topological polar surface area (TPSA) is 49.4 Å². The van der Waals surface area contributed by atoms with Crippen LogP contribution in [0.25, 0.3) is 0 Å². The van der Waals surface area contributed by atoms with Crippen LogP contribution >= 0.6 is 15.9 Å². The summed E-state index contributed by atoms with van der Waals surface area (Å²) in [5, 5.41) is 2.85. The van der Waals surface area contributed by atoms with Gasteiger partial charge in [-0.05, 0) is 43.7 Å². The highest BCUT2D eigenvalue weighted by molar-refractivity contribution is 9.10. The smallest absolute Gasteiger partial charge is 0.251 e. The predicted octanol–water partition coefficient (Wildman–Crippen LogP) is 3.85. The number of carbonyl (C=O) groups excluding carboxylic acids is 2. The summed E-state index contributed by atoms with van der Waals surface area (Å²) in [4.78, 5) is 25.7. The van der Waals surface area contributed by atoms with Gasteiger partial charge in [-0.1, -0.05) is 39.7 Å². The van der Waals surface area contributed by atoms with Crippen LogP contribution in [-0.2, 0) is 4.79 Å². The molecule has 0 unspecified atom stereocenters. The number of halogens is 1. The monoisotopic (exact) mass is 388 g/mol. The van der Waals surface area contributed by atoms with Gasteiger partial charge in [0.15, 0.2) is 0 Å². The first-order chi connectivity index (χ1) is 11.4. The first-order valence-corrected chi connectivity index (χ1v) is 8.57. The van der Waals surface area contributed by atoms with E-state index in [1.54, 1.807) is 17.0 Å². The molecule has 0 bridgehead atoms. The van der Waals surface area contributed by atoms with Gasteiger partial charge in [-0.15, -0.1) is 0 Å². The van der Waals surface area contributed by atoms with Crippen LogP contribution in [0.3, 0.4) is 0 Å². The van der Waals surface area contributed by atoms with Crippen LogP contribution in [0.4, 0.5) is 5.69 Å². The summed E-state index contributed by atoms with van der Waals surface area (Å²) >= 11 is 3.48. The van der Waals surface area contributed by atoms with Crippen LogP contribution in [-0.4, -0.2) is 24.9 Å². The Morgan fingerprint density at radius 2 is 1.75 bits per heavy atom. The normalized spacial score (nSPS) is 10.3. The number of hydrogen-bond acceptors (Lipinski definition) is 2. The molecule has 0 aliphatic carbocycles. The molecule has 0 heterocycles. The van der Waals surface area contributed by atoms with E-state index in [0.717, 1.165) is 21.3 Å². The number of amides is 2. The molecule has 2 aromatic rings. The van der Waals surface area contributed by atoms with Crippen LogP contribution in [0.5, 0.6) is 0 Å². The predicted molar refractivity (Wildman–Crippen MR) is 100 cm³/mol. The summed E-state index contributed by atoms with van der Waals surface area (Å²) in [7, 11) is 0. The lowest BCUT2D eigenvalue weighted by Gasteiger charge is -2.22. The lowest BCUT2D eigenvalue weighted by Crippen LogP contribution is -2.37. The molecule has 0 aliphatic rings. The molecule has 5 heteroatoms. The number of anilines is 1. The van der Waals surface area contributed by atoms with Gasteiger partial charge in [0.25, 0.3) is 5.91 Å². The van der Waals surface area contributed by atoms with Crippen molar-refractivity contribution in [1.29, 1.82) is 0 Å². The first-order valence-electron chi connectivity index (χ1n) is 7.77. The van der Waals surface area contributed by atoms with Gasteiger partial charge >= 0.3 is 0 Å². The number of hydrogen-bond donors (Lipinski definition) is 1. The Morgan fingerprint density at radius 1 is 1.08 bits per heavy atom. The van der Waals surface area contributed by atoms with E-state index >= 15 is 0 Å². The van der Waals surface area contributed by atoms with Gasteiger partial charge in [-0.3, -0.25) is 9.59 Å². The Kier molecular flexibility index (Phi) is 6.15. The molecule has 0 fully saturated rings. The average Bonchev–Trinajstić information content (AvgIpc) is 2.54. The van der Waals surface area contributed by atoms with Crippen LogP contribution in [0, 0.1) is 13.8 Å². The van der Waals surface area contributed by atoms with Crippen LogP contribution < -0.4 is 10.2 Å². The summed E-state index contributed by atoms with van der Waals surface area (Å²) in [5.74, 6) is -0.195. The number of rotatable bonds is 5. The standard InChI is InChI=1S/C19H21BrN2O2/c1-13-4-7-16(8-5-13)19(24)21-10-11-22(15(3)23)17-9-6-14(2)18(20)12-17/h4-9,12H,10-11H2,1-3H3,(H,21,24). The molecular formula is C19H21BrN2O2. The maximum atomic E-state index is 12.1. The summed E-state index contributed by atoms with van der Waals surface area (Å²) in [6.45, 7) is 6.30. The quantitative estimate of drug-likeness (QED) is 0.845. The Hall–Kier alpha value is -2.14. The van der Waals surface area contributed by atoms with Crippen LogP contribution in [0.15, 0.2) is 46.9 Å². The highest BCUT2D eigenvalue weighted by Crippen LogP contribution is 2.23. The Balaban J connectivity index is 1.99. The van der Waals surface area contributed by atoms with Crippen molar-refractivity contribution in [2.45, 2.75) is 20.8 Å². The van der Waals surface area contributed by atoms with Gasteiger partial charge in [0.2, 0.25) is 5.91 Å². The fraction of sp³-hybridized carbons (Fsp3) is 0.263. The second kappa shape index (κ2) is 8.11. The molecule has 0 saturated carbocycles. The van der Waals surface area contributed by atoms with Crippen molar-refractivity contribution >= 4 is 33.4 Å². The van der Waals surface area contributed by atoms with Crippen molar-refractivity contribution in [1.82, 2.24) is 5.32 Å². The lowest BCUT2D eigenvalue weighted by molar-refractivity contribution is -0.116. The minimum atomic E-state index is -0.136. The second-order valence-electron chi connectivity index (χ2n) is 5.73. The molecule has 0 aromatic heterocycles. The molecular weight excluding hydrogens is 368 g/mol. The number of aryl methyl sites for hydroxylation is 2. The zero-order valence-corrected chi connectivity index (χ0v) is 15.7. The van der Waals surface area contributed by atoms with E-state index in [4.69, 9.17) is 0 Å². The summed E-state index contributed by atoms with van der Waals surface area (Å²) in [5.41, 5.74) is 3.65. The van der Waals surface area contributed by atoms with E-state index in [-0.39, 0.29) is 11.8 Å². The van der Waals surface area contributed by atoms with Gasteiger partial charge in [-0.25, -0.2) is 0 Å². The number of nitrogens with zero attached hydrogens (tertiary/aromatic N) is 1. The van der Waals surface area contributed by atoms with Gasteiger partial charge in [0, 0.05) is 35.7 Å². The van der Waals surface area contributed by atoms with Gasteiger partial charge in [-0.2, -0.15) is 0 Å². The van der Waals surface area contributed by atoms with Gasteiger partial charge < -0.3 is 10.2 Å². The van der Waals surface area contributed by atoms with Gasteiger partial charge in [0.1, 0.15) is 0 Å². The molecule has 24 heavy (non-hydrogen) atoms. The Morgan fingerprint density at radius 3 is 2.33 bits per heavy atom. The summed E-state index contributed by atoms with van der Waals surface area (Å²) < 4.78 is 0.954. The van der Waals surface area contributed by atoms with E-state index in [1.165, 1.54) is 6.92 Å². The van der Waals surface area contributed by atoms with Crippen molar-refractivity contribution in [3.8, 4) is 0 Å². The largest absolute Gasteiger partial charge is 0.350 e. The maximum Gasteiger partial charge on any atom is 0.251 e. The summed E-state index contributed by atoms with van der Waals surface area (Å²) in [6, 6.07) is 13.2. The van der Waals surface area contributed by atoms with Crippen molar-refractivity contribution in [2.75, 3.05) is 18.0 Å². The summed E-state index contributed by atoms with van der Waals surface area (Å²) in [6.07, 6.45) is 0. The molecule has 1 N–H and O–H groups in total. The lowest BCUT2D eigenvalue weighted by atomic mass is 10.1. The molecule has 126 valence electrons.